The lowest BCUT2D eigenvalue weighted by atomic mass is 9.86. The third-order valence-electron chi connectivity index (χ3n) is 3.42. The minimum Gasteiger partial charge on any atom is -0.338 e. The molecule has 0 saturated carbocycles. The third kappa shape index (κ3) is 2.59. The maximum absolute atomic E-state index is 13.2. The Hall–Kier alpha value is -1.68. The molecule has 0 bridgehead atoms. The highest BCUT2D eigenvalue weighted by Crippen LogP contribution is 2.27. The van der Waals surface area contributed by atoms with Crippen LogP contribution in [-0.2, 0) is 4.79 Å². The average Bonchev–Trinajstić information content (AvgIpc) is 2.37. The smallest absolute Gasteiger partial charge is 0.246 e. The van der Waals surface area contributed by atoms with E-state index in [1.165, 1.54) is 18.2 Å². The van der Waals surface area contributed by atoms with Crippen molar-refractivity contribution in [3.63, 3.8) is 0 Å². The first kappa shape index (κ1) is 12.8. The highest BCUT2D eigenvalue weighted by Gasteiger charge is 2.29. The molecule has 2 N–H and O–H groups in total. The Kier molecular flexibility index (Phi) is 3.77. The number of nitrogens with two attached hydrogens (primary N) is 1. The zero-order chi connectivity index (χ0) is 13.1. The normalized spacial score (nSPS) is 23.8. The van der Waals surface area contributed by atoms with Gasteiger partial charge in [-0.1, -0.05) is 18.7 Å². The maximum Gasteiger partial charge on any atom is 0.246 e. The van der Waals surface area contributed by atoms with Gasteiger partial charge in [0.2, 0.25) is 5.91 Å². The van der Waals surface area contributed by atoms with Crippen LogP contribution < -0.4 is 5.73 Å². The summed E-state index contributed by atoms with van der Waals surface area (Å²) in [6.07, 6.45) is 2.05. The fraction of sp³-hybridized carbons (Fsp3) is 0.357. The van der Waals surface area contributed by atoms with E-state index < -0.39 is 0 Å². The molecule has 1 aliphatic heterocycles. The van der Waals surface area contributed by atoms with Gasteiger partial charge in [0, 0.05) is 25.0 Å². The minimum absolute atomic E-state index is 0.0943. The summed E-state index contributed by atoms with van der Waals surface area (Å²) in [5, 5.41) is 0. The fourth-order valence-corrected chi connectivity index (χ4v) is 2.46. The number of rotatable bonds is 2. The molecule has 0 aromatic heterocycles. The molecular formula is C14H17FN2O. The quantitative estimate of drug-likeness (QED) is 0.809. The molecule has 0 radical (unpaired) electrons. The summed E-state index contributed by atoms with van der Waals surface area (Å²) < 4.78 is 13.2. The molecule has 1 fully saturated rings. The van der Waals surface area contributed by atoms with Gasteiger partial charge < -0.3 is 10.6 Å². The number of hydrogen-bond donors (Lipinski definition) is 1. The van der Waals surface area contributed by atoms with Gasteiger partial charge in [0.25, 0.3) is 0 Å². The summed E-state index contributed by atoms with van der Waals surface area (Å²) in [6, 6.07) is 6.36. The molecule has 4 heteroatoms. The summed E-state index contributed by atoms with van der Waals surface area (Å²) in [7, 11) is 0. The molecule has 2 rings (SSSR count). The summed E-state index contributed by atoms with van der Waals surface area (Å²) in [6.45, 7) is 4.60. The van der Waals surface area contributed by atoms with Crippen molar-refractivity contribution < 1.29 is 9.18 Å². The molecule has 2 unspecified atom stereocenters. The number of benzene rings is 1. The standard InChI is InChI=1S/C14H17FN2O/c1-2-14(18)17-7-6-12(13(16)9-17)10-4-3-5-11(15)8-10/h2-5,8,12-13H,1,6-7,9,16H2. The number of likely N-dealkylation sites (tertiary alicyclic amines) is 1. The Balaban J connectivity index is 2.10. The first-order chi connectivity index (χ1) is 8.61. The van der Waals surface area contributed by atoms with Crippen LogP contribution in [0, 0.1) is 5.82 Å². The zero-order valence-corrected chi connectivity index (χ0v) is 10.2. The van der Waals surface area contributed by atoms with E-state index in [2.05, 4.69) is 6.58 Å². The van der Waals surface area contributed by atoms with E-state index in [0.29, 0.717) is 13.1 Å². The minimum atomic E-state index is -0.246. The van der Waals surface area contributed by atoms with Gasteiger partial charge in [0.05, 0.1) is 0 Å². The van der Waals surface area contributed by atoms with Crippen LogP contribution in [-0.4, -0.2) is 29.9 Å². The second-order valence-electron chi connectivity index (χ2n) is 4.60. The number of carbonyl (C=O) groups excluding carboxylic acids is 1. The van der Waals surface area contributed by atoms with Gasteiger partial charge in [-0.05, 0) is 30.2 Å². The first-order valence-electron chi connectivity index (χ1n) is 6.04. The molecule has 1 heterocycles. The lowest BCUT2D eigenvalue weighted by molar-refractivity contribution is -0.127. The molecule has 1 aromatic rings. The summed E-state index contributed by atoms with van der Waals surface area (Å²) >= 11 is 0. The average molecular weight is 248 g/mol. The second kappa shape index (κ2) is 5.31. The van der Waals surface area contributed by atoms with Crippen molar-refractivity contribution in [2.75, 3.05) is 13.1 Å². The van der Waals surface area contributed by atoms with Gasteiger partial charge >= 0.3 is 0 Å². The van der Waals surface area contributed by atoms with E-state index in [1.807, 2.05) is 6.07 Å². The molecule has 1 amide bonds. The highest BCUT2D eigenvalue weighted by atomic mass is 19.1. The summed E-state index contributed by atoms with van der Waals surface area (Å²) in [5.41, 5.74) is 7.00. The third-order valence-corrected chi connectivity index (χ3v) is 3.42. The monoisotopic (exact) mass is 248 g/mol. The van der Waals surface area contributed by atoms with Crippen molar-refractivity contribution in [1.82, 2.24) is 4.90 Å². The van der Waals surface area contributed by atoms with Crippen LogP contribution in [0.1, 0.15) is 17.9 Å². The number of nitrogens with zero attached hydrogens (tertiary/aromatic N) is 1. The number of piperidine rings is 1. The van der Waals surface area contributed by atoms with Crippen LogP contribution in [0.25, 0.3) is 0 Å². The van der Waals surface area contributed by atoms with Gasteiger partial charge in [-0.25, -0.2) is 4.39 Å². The van der Waals surface area contributed by atoms with Gasteiger partial charge in [-0.2, -0.15) is 0 Å². The van der Waals surface area contributed by atoms with Crippen LogP contribution in [0.3, 0.4) is 0 Å². The Morgan fingerprint density at radius 3 is 2.94 bits per heavy atom. The predicted molar refractivity (Wildman–Crippen MR) is 68.5 cm³/mol. The molecule has 1 aromatic carbocycles. The Bertz CT molecular complexity index is 461. The van der Waals surface area contributed by atoms with Gasteiger partial charge in [-0.3, -0.25) is 4.79 Å². The van der Waals surface area contributed by atoms with Crippen molar-refractivity contribution in [2.45, 2.75) is 18.4 Å². The maximum atomic E-state index is 13.2. The highest BCUT2D eigenvalue weighted by molar-refractivity contribution is 5.87. The van der Waals surface area contributed by atoms with E-state index in [-0.39, 0.29) is 23.7 Å². The molecule has 2 atom stereocenters. The fourth-order valence-electron chi connectivity index (χ4n) is 2.46. The second-order valence-corrected chi connectivity index (χ2v) is 4.60. The summed E-state index contributed by atoms with van der Waals surface area (Å²) in [4.78, 5) is 13.2. The van der Waals surface area contributed by atoms with Gasteiger partial charge in [-0.15, -0.1) is 0 Å². The van der Waals surface area contributed by atoms with Crippen LogP contribution in [0.5, 0.6) is 0 Å². The van der Waals surface area contributed by atoms with Crippen LogP contribution in [0.2, 0.25) is 0 Å². The molecular weight excluding hydrogens is 231 g/mol. The topological polar surface area (TPSA) is 46.3 Å². The van der Waals surface area contributed by atoms with Crippen molar-refractivity contribution in [2.24, 2.45) is 5.73 Å². The van der Waals surface area contributed by atoms with E-state index in [1.54, 1.807) is 11.0 Å². The van der Waals surface area contributed by atoms with Crippen molar-refractivity contribution in [3.8, 4) is 0 Å². The predicted octanol–water partition coefficient (Wildman–Crippen LogP) is 1.65. The van der Waals surface area contributed by atoms with Crippen molar-refractivity contribution >= 4 is 5.91 Å². The van der Waals surface area contributed by atoms with Gasteiger partial charge in [0.1, 0.15) is 5.82 Å². The van der Waals surface area contributed by atoms with Crippen molar-refractivity contribution in [1.29, 1.82) is 0 Å². The van der Waals surface area contributed by atoms with E-state index >= 15 is 0 Å². The van der Waals surface area contributed by atoms with E-state index in [0.717, 1.165) is 12.0 Å². The van der Waals surface area contributed by atoms with Crippen LogP contribution in [0.4, 0.5) is 4.39 Å². The Labute approximate surface area is 106 Å². The molecule has 18 heavy (non-hydrogen) atoms. The lowest BCUT2D eigenvalue weighted by Crippen LogP contribution is -2.49. The number of carbonyl (C=O) groups is 1. The molecule has 0 spiro atoms. The van der Waals surface area contributed by atoms with E-state index in [9.17, 15) is 9.18 Å². The molecule has 1 saturated heterocycles. The van der Waals surface area contributed by atoms with Gasteiger partial charge in [0.15, 0.2) is 0 Å². The lowest BCUT2D eigenvalue weighted by Gasteiger charge is -2.36. The SMILES string of the molecule is C=CC(=O)N1CCC(c2cccc(F)c2)C(N)C1. The van der Waals surface area contributed by atoms with Crippen LogP contribution in [0.15, 0.2) is 36.9 Å². The van der Waals surface area contributed by atoms with E-state index in [4.69, 9.17) is 5.73 Å². The molecule has 96 valence electrons. The van der Waals surface area contributed by atoms with Crippen LogP contribution >= 0.6 is 0 Å². The number of hydrogen-bond acceptors (Lipinski definition) is 2. The zero-order valence-electron chi connectivity index (χ0n) is 10.2. The Morgan fingerprint density at radius 1 is 1.56 bits per heavy atom. The molecule has 1 aliphatic rings. The molecule has 0 aliphatic carbocycles. The Morgan fingerprint density at radius 2 is 2.33 bits per heavy atom. The largest absolute Gasteiger partial charge is 0.338 e. The number of amides is 1. The molecule has 3 nitrogen and oxygen atoms in total. The first-order valence-corrected chi connectivity index (χ1v) is 6.04. The number of halogens is 1. The van der Waals surface area contributed by atoms with Crippen molar-refractivity contribution in [3.05, 3.63) is 48.3 Å². The summed E-state index contributed by atoms with van der Waals surface area (Å²) in [5.74, 6) is -0.234.